The molecule has 0 saturated carbocycles. The molecule has 0 aromatic heterocycles. The predicted molar refractivity (Wildman–Crippen MR) is 37.7 cm³/mol. The third-order valence-corrected chi connectivity index (χ3v) is 1.28. The van der Waals surface area contributed by atoms with E-state index in [0.717, 1.165) is 13.0 Å². The molecule has 0 aromatic rings. The van der Waals surface area contributed by atoms with Crippen molar-refractivity contribution in [1.29, 1.82) is 0 Å². The molecule has 1 rings (SSSR count). The third kappa shape index (κ3) is 1.88. The van der Waals surface area contributed by atoms with Gasteiger partial charge in [0.05, 0.1) is 6.04 Å². The van der Waals surface area contributed by atoms with Crippen molar-refractivity contribution in [3.8, 4) is 0 Å². The van der Waals surface area contributed by atoms with Gasteiger partial charge in [-0.3, -0.25) is 4.99 Å². The van der Waals surface area contributed by atoms with Crippen LogP contribution in [0.2, 0.25) is 0 Å². The lowest BCUT2D eigenvalue weighted by Crippen LogP contribution is -2.03. The van der Waals surface area contributed by atoms with Crippen LogP contribution in [0.4, 0.5) is 0 Å². The summed E-state index contributed by atoms with van der Waals surface area (Å²) in [4.78, 5) is 4.07. The third-order valence-electron chi connectivity index (χ3n) is 1.28. The van der Waals surface area contributed by atoms with Gasteiger partial charge in [0, 0.05) is 0 Å². The number of allylic oxidation sites excluding steroid dienone is 1. The zero-order chi connectivity index (χ0) is 6.53. The molecular weight excluding hydrogens is 114 g/mol. The monoisotopic (exact) mass is 125 g/mol. The van der Waals surface area contributed by atoms with Gasteiger partial charge in [-0.15, -0.1) is 0 Å². The summed E-state index contributed by atoms with van der Waals surface area (Å²) in [6.07, 6.45) is 6.69. The maximum Gasteiger partial charge on any atom is 0.169 e. The second-order valence-electron chi connectivity index (χ2n) is 2.05. The van der Waals surface area contributed by atoms with E-state index in [1.165, 1.54) is 6.40 Å². The van der Waals surface area contributed by atoms with Crippen LogP contribution in [0.3, 0.4) is 0 Å². The topological polar surface area (TPSA) is 21.6 Å². The summed E-state index contributed by atoms with van der Waals surface area (Å²) in [5.41, 5.74) is 0. The van der Waals surface area contributed by atoms with E-state index in [0.29, 0.717) is 6.04 Å². The summed E-state index contributed by atoms with van der Waals surface area (Å²) in [6.45, 7) is 2.77. The molecule has 0 fully saturated rings. The van der Waals surface area contributed by atoms with Crippen molar-refractivity contribution in [3.05, 3.63) is 12.2 Å². The lowest BCUT2D eigenvalue weighted by molar-refractivity contribution is 0.328. The lowest BCUT2D eigenvalue weighted by atomic mass is 10.2. The molecule has 1 aliphatic heterocycles. The van der Waals surface area contributed by atoms with Crippen molar-refractivity contribution >= 4 is 6.40 Å². The van der Waals surface area contributed by atoms with Gasteiger partial charge in [-0.05, 0) is 13.3 Å². The van der Waals surface area contributed by atoms with Crippen LogP contribution in [0.25, 0.3) is 0 Å². The number of hydrogen-bond acceptors (Lipinski definition) is 2. The van der Waals surface area contributed by atoms with Gasteiger partial charge in [0.2, 0.25) is 0 Å². The first-order valence-corrected chi connectivity index (χ1v) is 3.18. The summed E-state index contributed by atoms with van der Waals surface area (Å²) in [7, 11) is 0. The number of nitrogens with zero attached hydrogens (tertiary/aromatic N) is 1. The standard InChI is InChI=1S/C7H11NO/c1-2-3-4-7-5-9-6-8-7/h2-3,6-7H,4-5H2,1H3/b3-2-/t7-/m1/s1. The Kier molecular flexibility index (Phi) is 2.31. The first-order chi connectivity index (χ1) is 4.43. The fourth-order valence-electron chi connectivity index (χ4n) is 0.748. The minimum absolute atomic E-state index is 0.376. The Morgan fingerprint density at radius 2 is 2.78 bits per heavy atom. The molecule has 0 N–H and O–H groups in total. The maximum atomic E-state index is 4.93. The number of ether oxygens (including phenoxy) is 1. The van der Waals surface area contributed by atoms with Crippen LogP contribution >= 0.6 is 0 Å². The van der Waals surface area contributed by atoms with Gasteiger partial charge in [0.15, 0.2) is 6.40 Å². The van der Waals surface area contributed by atoms with E-state index in [4.69, 9.17) is 4.74 Å². The molecule has 2 heteroatoms. The van der Waals surface area contributed by atoms with E-state index in [1.54, 1.807) is 0 Å². The largest absolute Gasteiger partial charge is 0.481 e. The molecule has 0 aromatic carbocycles. The summed E-state index contributed by atoms with van der Waals surface area (Å²) in [5.74, 6) is 0. The van der Waals surface area contributed by atoms with E-state index in [1.807, 2.05) is 13.0 Å². The molecule has 0 unspecified atom stereocenters. The highest BCUT2D eigenvalue weighted by molar-refractivity contribution is 5.48. The van der Waals surface area contributed by atoms with E-state index in [-0.39, 0.29) is 0 Å². The molecule has 0 saturated heterocycles. The first kappa shape index (κ1) is 6.33. The van der Waals surface area contributed by atoms with Gasteiger partial charge < -0.3 is 4.74 Å². The van der Waals surface area contributed by atoms with Crippen LogP contribution in [0, 0.1) is 0 Å². The average Bonchev–Trinajstić information content (AvgIpc) is 2.34. The highest BCUT2D eigenvalue weighted by atomic mass is 16.5. The Bertz CT molecular complexity index is 129. The second-order valence-corrected chi connectivity index (χ2v) is 2.05. The highest BCUT2D eigenvalue weighted by Gasteiger charge is 2.07. The van der Waals surface area contributed by atoms with E-state index in [2.05, 4.69) is 11.1 Å². The first-order valence-electron chi connectivity index (χ1n) is 3.18. The van der Waals surface area contributed by atoms with Gasteiger partial charge in [-0.1, -0.05) is 12.2 Å². The van der Waals surface area contributed by atoms with Crippen molar-refractivity contribution in [3.63, 3.8) is 0 Å². The lowest BCUT2D eigenvalue weighted by Gasteiger charge is -1.97. The smallest absolute Gasteiger partial charge is 0.169 e. The summed E-state index contributed by atoms with van der Waals surface area (Å²) in [6, 6.07) is 0.376. The zero-order valence-corrected chi connectivity index (χ0v) is 5.58. The quantitative estimate of drug-likeness (QED) is 0.511. The molecule has 0 radical (unpaired) electrons. The van der Waals surface area contributed by atoms with Crippen molar-refractivity contribution in [2.24, 2.45) is 4.99 Å². The normalized spacial score (nSPS) is 25.2. The van der Waals surface area contributed by atoms with Crippen LogP contribution in [-0.2, 0) is 4.74 Å². The molecule has 0 spiro atoms. The Morgan fingerprint density at radius 3 is 3.33 bits per heavy atom. The van der Waals surface area contributed by atoms with Gasteiger partial charge in [0.1, 0.15) is 6.61 Å². The minimum atomic E-state index is 0.376. The zero-order valence-electron chi connectivity index (χ0n) is 5.58. The fourth-order valence-corrected chi connectivity index (χ4v) is 0.748. The Balaban J connectivity index is 2.20. The van der Waals surface area contributed by atoms with Crippen LogP contribution in [0.1, 0.15) is 13.3 Å². The van der Waals surface area contributed by atoms with Gasteiger partial charge in [-0.25, -0.2) is 0 Å². The number of rotatable bonds is 2. The van der Waals surface area contributed by atoms with Gasteiger partial charge in [-0.2, -0.15) is 0 Å². The summed E-state index contributed by atoms with van der Waals surface area (Å²) >= 11 is 0. The molecule has 1 heterocycles. The van der Waals surface area contributed by atoms with Crippen LogP contribution in [0.5, 0.6) is 0 Å². The van der Waals surface area contributed by atoms with Gasteiger partial charge >= 0.3 is 0 Å². The Morgan fingerprint density at radius 1 is 1.89 bits per heavy atom. The summed E-state index contributed by atoms with van der Waals surface area (Å²) < 4.78 is 4.93. The van der Waals surface area contributed by atoms with Gasteiger partial charge in [0.25, 0.3) is 0 Å². The van der Waals surface area contributed by atoms with Crippen molar-refractivity contribution in [2.75, 3.05) is 6.61 Å². The van der Waals surface area contributed by atoms with E-state index < -0.39 is 0 Å². The Labute approximate surface area is 55.2 Å². The van der Waals surface area contributed by atoms with Crippen molar-refractivity contribution < 1.29 is 4.74 Å². The summed E-state index contributed by atoms with van der Waals surface area (Å²) in [5, 5.41) is 0. The highest BCUT2D eigenvalue weighted by Crippen LogP contribution is 2.03. The molecular formula is C7H11NO. The predicted octanol–water partition coefficient (Wildman–Crippen LogP) is 1.38. The van der Waals surface area contributed by atoms with Crippen LogP contribution in [0.15, 0.2) is 17.1 Å². The molecule has 50 valence electrons. The van der Waals surface area contributed by atoms with Crippen LogP contribution in [-0.4, -0.2) is 19.0 Å². The molecule has 0 amide bonds. The minimum Gasteiger partial charge on any atom is -0.481 e. The molecule has 0 aliphatic carbocycles. The number of hydrogen-bond donors (Lipinski definition) is 0. The fraction of sp³-hybridized carbons (Fsp3) is 0.571. The Hall–Kier alpha value is -0.790. The van der Waals surface area contributed by atoms with E-state index in [9.17, 15) is 0 Å². The SMILES string of the molecule is C/C=C\C[C@@H]1COC=N1. The molecule has 1 atom stereocenters. The number of aliphatic imine (C=N–C) groups is 1. The molecule has 0 bridgehead atoms. The van der Waals surface area contributed by atoms with Crippen molar-refractivity contribution in [1.82, 2.24) is 0 Å². The second kappa shape index (κ2) is 3.28. The average molecular weight is 125 g/mol. The molecule has 9 heavy (non-hydrogen) atoms. The maximum absolute atomic E-state index is 4.93. The van der Waals surface area contributed by atoms with E-state index >= 15 is 0 Å². The van der Waals surface area contributed by atoms with Crippen LogP contribution < -0.4 is 0 Å². The van der Waals surface area contributed by atoms with Crippen molar-refractivity contribution in [2.45, 2.75) is 19.4 Å². The molecule has 1 aliphatic rings. The molecule has 2 nitrogen and oxygen atoms in total.